The van der Waals surface area contributed by atoms with Gasteiger partial charge in [0.2, 0.25) is 11.8 Å². The van der Waals surface area contributed by atoms with Crippen LogP contribution in [0.5, 0.6) is 0 Å². The maximum atomic E-state index is 10.5. The van der Waals surface area contributed by atoms with Crippen molar-refractivity contribution in [1.29, 1.82) is 0 Å². The van der Waals surface area contributed by atoms with Gasteiger partial charge in [0.25, 0.3) is 0 Å². The molecule has 0 atom stereocenters. The minimum atomic E-state index is -0.0735. The van der Waals surface area contributed by atoms with Crippen molar-refractivity contribution in [2.75, 3.05) is 0 Å². The van der Waals surface area contributed by atoms with Crippen LogP contribution in [-0.2, 0) is 9.59 Å². The Morgan fingerprint density at radius 2 is 1.36 bits per heavy atom. The van der Waals surface area contributed by atoms with Crippen molar-refractivity contribution in [2.24, 2.45) is 0 Å². The lowest BCUT2D eigenvalue weighted by molar-refractivity contribution is -0.130. The predicted octanol–water partition coefficient (Wildman–Crippen LogP) is 0.962. The molecule has 0 aliphatic carbocycles. The average Bonchev–Trinajstić information content (AvgIpc) is 2.53. The molecule has 0 saturated carbocycles. The lowest BCUT2D eigenvalue weighted by Gasteiger charge is -1.97. The zero-order valence-electron chi connectivity index (χ0n) is 7.26. The number of amides is 2. The van der Waals surface area contributed by atoms with Crippen molar-refractivity contribution in [3.8, 4) is 0 Å². The number of aromatic nitrogens is 2. The molecule has 0 bridgehead atoms. The van der Waals surface area contributed by atoms with Crippen molar-refractivity contribution in [1.82, 2.24) is 13.1 Å². The van der Waals surface area contributed by atoms with Crippen LogP contribution in [0.1, 0.15) is 12.8 Å². The maximum absolute atomic E-state index is 10.5. The second kappa shape index (κ2) is 5.63. The van der Waals surface area contributed by atoms with Crippen LogP contribution in [-0.4, -0.2) is 24.9 Å². The van der Waals surface area contributed by atoms with Crippen LogP contribution >= 0.6 is 22.9 Å². The van der Waals surface area contributed by atoms with E-state index < -0.39 is 0 Å². The summed E-state index contributed by atoms with van der Waals surface area (Å²) in [6.45, 7) is 0. The smallest absolute Gasteiger partial charge is 0.238 e. The highest BCUT2D eigenvalue weighted by Crippen LogP contribution is 2.15. The Bertz CT molecular complexity index is 275. The summed E-state index contributed by atoms with van der Waals surface area (Å²) < 4.78 is 1.14. The molecule has 1 aromatic rings. The van der Waals surface area contributed by atoms with Gasteiger partial charge in [0.1, 0.15) is 0 Å². The number of carbonyl (C=O) groups is 2. The molecule has 0 N–H and O–H groups in total. The second-order valence-electron chi connectivity index (χ2n) is 2.46. The minimum absolute atomic E-state index is 0.0735. The molecule has 0 aromatic carbocycles. The first-order valence-electron chi connectivity index (χ1n) is 3.93. The van der Waals surface area contributed by atoms with Gasteiger partial charge < -0.3 is 0 Å². The molecule has 1 aliphatic rings. The zero-order chi connectivity index (χ0) is 10.4. The zero-order valence-corrected chi connectivity index (χ0v) is 9.42. The van der Waals surface area contributed by atoms with E-state index in [0.717, 1.165) is 3.11 Å². The van der Waals surface area contributed by atoms with Crippen molar-refractivity contribution in [3.05, 3.63) is 24.8 Å². The first kappa shape index (κ1) is 11.0. The topological polar surface area (TPSA) is 63.2 Å². The minimum Gasteiger partial charge on any atom is -0.274 e. The van der Waals surface area contributed by atoms with E-state index in [-0.39, 0.29) is 11.8 Å². The van der Waals surface area contributed by atoms with Gasteiger partial charge in [0, 0.05) is 37.6 Å². The molecule has 0 radical (unpaired) electrons. The highest BCUT2D eigenvalue weighted by Gasteiger charge is 2.26. The molecule has 2 amide bonds. The van der Waals surface area contributed by atoms with Gasteiger partial charge in [-0.2, -0.15) is 0 Å². The van der Waals surface area contributed by atoms with E-state index in [2.05, 4.69) is 9.97 Å². The van der Waals surface area contributed by atoms with Gasteiger partial charge in [0.05, 0.1) is 22.9 Å². The number of halogens is 1. The maximum Gasteiger partial charge on any atom is 0.238 e. The summed E-state index contributed by atoms with van der Waals surface area (Å²) in [5, 5.41) is 0. The van der Waals surface area contributed by atoms with E-state index in [4.69, 9.17) is 0 Å². The van der Waals surface area contributed by atoms with E-state index in [9.17, 15) is 9.59 Å². The van der Waals surface area contributed by atoms with Gasteiger partial charge in [-0.25, -0.2) is 3.11 Å². The Hall–Kier alpha value is -1.05. The fraction of sp³-hybridized carbons (Fsp3) is 0.250. The van der Waals surface area contributed by atoms with Crippen LogP contribution in [0, 0.1) is 0 Å². The van der Waals surface area contributed by atoms with Gasteiger partial charge in [-0.15, -0.1) is 0 Å². The van der Waals surface area contributed by atoms with Crippen LogP contribution in [0.3, 0.4) is 0 Å². The summed E-state index contributed by atoms with van der Waals surface area (Å²) in [5.41, 5.74) is 0. The molecule has 0 spiro atoms. The molecule has 74 valence electrons. The fourth-order valence-electron chi connectivity index (χ4n) is 0.803. The first-order valence-corrected chi connectivity index (χ1v) is 4.90. The molecule has 6 heteroatoms. The summed E-state index contributed by atoms with van der Waals surface area (Å²) in [5.74, 6) is -0.147. The molecule has 2 heterocycles. The number of hydrogen-bond acceptors (Lipinski definition) is 4. The summed E-state index contributed by atoms with van der Waals surface area (Å²) in [7, 11) is 0. The molecular weight excluding hydrogens is 297 g/mol. The summed E-state index contributed by atoms with van der Waals surface area (Å²) in [4.78, 5) is 28.4. The van der Waals surface area contributed by atoms with Crippen molar-refractivity contribution < 1.29 is 9.59 Å². The van der Waals surface area contributed by atoms with Gasteiger partial charge in [0.15, 0.2) is 0 Å². The third-order valence-electron chi connectivity index (χ3n) is 1.47. The molecular formula is C8H8IN3O2. The monoisotopic (exact) mass is 305 g/mol. The normalized spacial score (nSPS) is 15.1. The molecule has 1 fully saturated rings. The number of carbonyl (C=O) groups excluding carboxylic acids is 2. The molecule has 1 saturated heterocycles. The van der Waals surface area contributed by atoms with E-state index in [0.29, 0.717) is 12.8 Å². The lowest BCUT2D eigenvalue weighted by atomic mass is 10.4. The van der Waals surface area contributed by atoms with Crippen LogP contribution in [0.25, 0.3) is 0 Å². The number of imide groups is 1. The van der Waals surface area contributed by atoms with Crippen LogP contribution in [0.4, 0.5) is 0 Å². The summed E-state index contributed by atoms with van der Waals surface area (Å²) in [6.07, 6.45) is 7.34. The molecule has 1 aromatic heterocycles. The standard InChI is InChI=1S/C4H4INO2.C4H4N2/c5-6-3(7)1-2-4(6)8;1-2-6-4-3-5-1/h1-2H2;1-4H. The largest absolute Gasteiger partial charge is 0.274 e. The highest BCUT2D eigenvalue weighted by molar-refractivity contribution is 14.1. The molecule has 0 unspecified atom stereocenters. The lowest BCUT2D eigenvalue weighted by Crippen LogP contribution is -2.16. The number of nitrogens with zero attached hydrogens (tertiary/aromatic N) is 3. The molecule has 5 nitrogen and oxygen atoms in total. The van der Waals surface area contributed by atoms with Crippen LogP contribution in [0.15, 0.2) is 24.8 Å². The van der Waals surface area contributed by atoms with Crippen LogP contribution in [0.2, 0.25) is 0 Å². The Labute approximate surface area is 95.0 Å². The second-order valence-corrected chi connectivity index (χ2v) is 3.43. The van der Waals surface area contributed by atoms with E-state index >= 15 is 0 Å². The number of rotatable bonds is 0. The Morgan fingerprint density at radius 1 is 1.00 bits per heavy atom. The number of hydrogen-bond donors (Lipinski definition) is 0. The first-order chi connectivity index (χ1) is 6.72. The molecule has 2 rings (SSSR count). The average molecular weight is 305 g/mol. The summed E-state index contributed by atoms with van der Waals surface area (Å²) in [6, 6.07) is 0. The third-order valence-corrected chi connectivity index (χ3v) is 2.54. The highest BCUT2D eigenvalue weighted by atomic mass is 127. The van der Waals surface area contributed by atoms with Crippen molar-refractivity contribution in [3.63, 3.8) is 0 Å². The van der Waals surface area contributed by atoms with E-state index in [1.807, 2.05) is 0 Å². The molecule has 14 heavy (non-hydrogen) atoms. The van der Waals surface area contributed by atoms with Gasteiger partial charge in [-0.3, -0.25) is 19.6 Å². The molecule has 1 aliphatic heterocycles. The van der Waals surface area contributed by atoms with E-state index in [1.54, 1.807) is 47.7 Å². The Balaban J connectivity index is 0.000000146. The SMILES string of the molecule is O=C1CCC(=O)N1I.c1cnccn1. The van der Waals surface area contributed by atoms with Gasteiger partial charge >= 0.3 is 0 Å². The third kappa shape index (κ3) is 3.36. The van der Waals surface area contributed by atoms with Crippen molar-refractivity contribution >= 4 is 34.7 Å². The predicted molar refractivity (Wildman–Crippen MR) is 57.1 cm³/mol. The van der Waals surface area contributed by atoms with Gasteiger partial charge in [-0.1, -0.05) is 0 Å². The fourth-order valence-corrected chi connectivity index (χ4v) is 1.29. The van der Waals surface area contributed by atoms with E-state index in [1.165, 1.54) is 0 Å². The van der Waals surface area contributed by atoms with Gasteiger partial charge in [-0.05, 0) is 0 Å². The quantitative estimate of drug-likeness (QED) is 0.407. The van der Waals surface area contributed by atoms with Crippen molar-refractivity contribution in [2.45, 2.75) is 12.8 Å². The Morgan fingerprint density at radius 3 is 1.50 bits per heavy atom. The Kier molecular flexibility index (Phi) is 4.44. The summed E-state index contributed by atoms with van der Waals surface area (Å²) >= 11 is 1.72. The van der Waals surface area contributed by atoms with Crippen LogP contribution < -0.4 is 0 Å².